The summed E-state index contributed by atoms with van der Waals surface area (Å²) in [6.07, 6.45) is -4.02. The predicted molar refractivity (Wildman–Crippen MR) is 99.2 cm³/mol. The summed E-state index contributed by atoms with van der Waals surface area (Å²) >= 11 is 0. The Bertz CT molecular complexity index is 993. The van der Waals surface area contributed by atoms with Gasteiger partial charge in [-0.3, -0.25) is 0 Å². The lowest BCUT2D eigenvalue weighted by Gasteiger charge is -2.31. The van der Waals surface area contributed by atoms with E-state index in [0.29, 0.717) is 5.69 Å². The Balaban J connectivity index is 2.00. The lowest BCUT2D eigenvalue weighted by atomic mass is 10.1. The standard InChI is InChI=1S/C20H14F8N2O3/c1-2-16(31)33-15-9-5-13(6-10-15)30-29-12-3-7-14(8-4-12)32-11-18(23,24)20(27,28)19(25,26)17(21)22/h2-10,17H,1,11H2/b30-29+. The monoisotopic (exact) mass is 482 g/mol. The van der Waals surface area contributed by atoms with Crippen molar-refractivity contribution in [1.29, 1.82) is 0 Å². The third-order valence-corrected chi connectivity index (χ3v) is 3.91. The van der Waals surface area contributed by atoms with Gasteiger partial charge in [-0.2, -0.15) is 36.6 Å². The van der Waals surface area contributed by atoms with Crippen LogP contribution in [0.5, 0.6) is 11.5 Å². The van der Waals surface area contributed by atoms with Gasteiger partial charge >= 0.3 is 30.2 Å². The van der Waals surface area contributed by atoms with Crippen molar-refractivity contribution < 1.29 is 49.4 Å². The van der Waals surface area contributed by atoms with Crippen LogP contribution in [0, 0.1) is 0 Å². The van der Waals surface area contributed by atoms with Crippen LogP contribution >= 0.6 is 0 Å². The lowest BCUT2D eigenvalue weighted by molar-refractivity contribution is -0.342. The molecule has 0 radical (unpaired) electrons. The van der Waals surface area contributed by atoms with Gasteiger partial charge in [0.2, 0.25) is 0 Å². The maximum atomic E-state index is 13.5. The average Bonchev–Trinajstić information content (AvgIpc) is 2.77. The molecule has 0 unspecified atom stereocenters. The fraction of sp³-hybridized carbons (Fsp3) is 0.250. The van der Waals surface area contributed by atoms with E-state index in [0.717, 1.165) is 18.2 Å². The van der Waals surface area contributed by atoms with Crippen molar-refractivity contribution in [2.45, 2.75) is 24.2 Å². The normalized spacial score (nSPS) is 12.8. The van der Waals surface area contributed by atoms with E-state index in [-0.39, 0.29) is 11.4 Å². The number of alkyl halides is 8. The van der Waals surface area contributed by atoms with Crippen molar-refractivity contribution in [3.05, 3.63) is 61.2 Å². The largest absolute Gasteiger partial charge is 0.487 e. The average molecular weight is 482 g/mol. The number of carbonyl (C=O) groups is 1. The molecular weight excluding hydrogens is 468 g/mol. The Morgan fingerprint density at radius 3 is 1.76 bits per heavy atom. The second-order valence-electron chi connectivity index (χ2n) is 6.30. The molecule has 2 aromatic rings. The van der Waals surface area contributed by atoms with E-state index in [1.54, 1.807) is 0 Å². The number of hydrogen-bond acceptors (Lipinski definition) is 5. The van der Waals surface area contributed by atoms with E-state index in [1.807, 2.05) is 0 Å². The van der Waals surface area contributed by atoms with Crippen molar-refractivity contribution in [1.82, 2.24) is 0 Å². The minimum Gasteiger partial charge on any atom is -0.487 e. The zero-order valence-electron chi connectivity index (χ0n) is 16.3. The molecule has 0 aliphatic carbocycles. The molecule has 178 valence electrons. The number of carbonyl (C=O) groups excluding carboxylic acids is 1. The van der Waals surface area contributed by atoms with Crippen LogP contribution in [0.25, 0.3) is 0 Å². The molecule has 33 heavy (non-hydrogen) atoms. The van der Waals surface area contributed by atoms with Crippen LogP contribution in [0.3, 0.4) is 0 Å². The molecule has 0 bridgehead atoms. The first-order chi connectivity index (χ1) is 15.3. The Labute approximate surface area is 181 Å². The van der Waals surface area contributed by atoms with Crippen molar-refractivity contribution in [3.8, 4) is 11.5 Å². The summed E-state index contributed by atoms with van der Waals surface area (Å²) in [7, 11) is 0. The van der Waals surface area contributed by atoms with Gasteiger partial charge < -0.3 is 9.47 Å². The smallest absolute Gasteiger partial charge is 0.381 e. The Hall–Kier alpha value is -3.51. The van der Waals surface area contributed by atoms with Gasteiger partial charge in [0.05, 0.1) is 11.4 Å². The first-order valence-corrected chi connectivity index (χ1v) is 8.80. The molecule has 13 heteroatoms. The number of nitrogens with zero attached hydrogens (tertiary/aromatic N) is 2. The molecule has 0 saturated carbocycles. The fourth-order valence-electron chi connectivity index (χ4n) is 2.11. The molecule has 0 amide bonds. The van der Waals surface area contributed by atoms with Gasteiger partial charge in [0.25, 0.3) is 0 Å². The molecule has 0 spiro atoms. The third-order valence-electron chi connectivity index (χ3n) is 3.91. The van der Waals surface area contributed by atoms with Crippen LogP contribution in [-0.4, -0.2) is 36.8 Å². The van der Waals surface area contributed by atoms with Crippen molar-refractivity contribution in [2.24, 2.45) is 10.2 Å². The summed E-state index contributed by atoms with van der Waals surface area (Å²) in [4.78, 5) is 11.1. The van der Waals surface area contributed by atoms with E-state index < -0.39 is 42.5 Å². The van der Waals surface area contributed by atoms with E-state index in [2.05, 4.69) is 21.5 Å². The second-order valence-corrected chi connectivity index (χ2v) is 6.30. The molecule has 0 fully saturated rings. The highest BCUT2D eigenvalue weighted by Crippen LogP contribution is 2.48. The van der Waals surface area contributed by atoms with Gasteiger partial charge in [0.15, 0.2) is 6.61 Å². The van der Waals surface area contributed by atoms with Gasteiger partial charge in [-0.15, -0.1) is 0 Å². The Kier molecular flexibility index (Phi) is 7.77. The molecule has 0 heterocycles. The topological polar surface area (TPSA) is 60.2 Å². The molecule has 0 aliphatic rings. The number of hydrogen-bond donors (Lipinski definition) is 0. The summed E-state index contributed by atoms with van der Waals surface area (Å²) < 4.78 is 113. The summed E-state index contributed by atoms with van der Waals surface area (Å²) in [5.74, 6) is -19.0. The number of rotatable bonds is 10. The van der Waals surface area contributed by atoms with Gasteiger partial charge in [-0.25, -0.2) is 13.6 Å². The lowest BCUT2D eigenvalue weighted by Crippen LogP contribution is -2.59. The maximum absolute atomic E-state index is 13.5. The predicted octanol–water partition coefficient (Wildman–Crippen LogP) is 6.74. The molecule has 2 aromatic carbocycles. The van der Waals surface area contributed by atoms with E-state index in [1.165, 1.54) is 36.4 Å². The summed E-state index contributed by atoms with van der Waals surface area (Å²) in [5.41, 5.74) is 0.515. The quantitative estimate of drug-likeness (QED) is 0.124. The number of ether oxygens (including phenoxy) is 2. The van der Waals surface area contributed by atoms with E-state index >= 15 is 0 Å². The minimum absolute atomic E-state index is 0.172. The number of esters is 1. The van der Waals surface area contributed by atoms with Crippen LogP contribution in [0.4, 0.5) is 46.5 Å². The van der Waals surface area contributed by atoms with Crippen molar-refractivity contribution >= 4 is 17.3 Å². The maximum Gasteiger partial charge on any atom is 0.381 e. The summed E-state index contributed by atoms with van der Waals surface area (Å²) in [5, 5.41) is 7.68. The molecule has 0 aromatic heterocycles. The SMILES string of the molecule is C=CC(=O)Oc1ccc(/N=N/c2ccc(OCC(F)(F)C(F)(F)C(F)(F)C(F)F)cc2)cc1. The summed E-state index contributed by atoms with van der Waals surface area (Å²) in [6, 6.07) is 10.2. The zero-order chi connectivity index (χ0) is 24.9. The Morgan fingerprint density at radius 1 is 0.879 bits per heavy atom. The highest BCUT2D eigenvalue weighted by Gasteiger charge is 2.75. The minimum atomic E-state index is -6.35. The van der Waals surface area contributed by atoms with Crippen LogP contribution in [-0.2, 0) is 4.79 Å². The zero-order valence-corrected chi connectivity index (χ0v) is 16.3. The molecule has 0 saturated heterocycles. The molecule has 0 atom stereocenters. The molecule has 5 nitrogen and oxygen atoms in total. The third kappa shape index (κ3) is 6.05. The van der Waals surface area contributed by atoms with Crippen LogP contribution < -0.4 is 9.47 Å². The highest BCUT2D eigenvalue weighted by atomic mass is 19.4. The van der Waals surface area contributed by atoms with Gasteiger partial charge in [-0.1, -0.05) is 6.58 Å². The number of azo groups is 1. The van der Waals surface area contributed by atoms with Crippen molar-refractivity contribution in [2.75, 3.05) is 6.61 Å². The van der Waals surface area contributed by atoms with Crippen LogP contribution in [0.1, 0.15) is 0 Å². The van der Waals surface area contributed by atoms with Crippen LogP contribution in [0.2, 0.25) is 0 Å². The van der Waals surface area contributed by atoms with Crippen molar-refractivity contribution in [3.63, 3.8) is 0 Å². The first-order valence-electron chi connectivity index (χ1n) is 8.80. The molecule has 0 aliphatic heterocycles. The van der Waals surface area contributed by atoms with Gasteiger partial charge in [0.1, 0.15) is 11.5 Å². The van der Waals surface area contributed by atoms with E-state index in [9.17, 15) is 39.9 Å². The number of benzene rings is 2. The Morgan fingerprint density at radius 2 is 1.33 bits per heavy atom. The highest BCUT2D eigenvalue weighted by molar-refractivity contribution is 5.83. The number of halogens is 8. The van der Waals surface area contributed by atoms with E-state index in [4.69, 9.17) is 4.74 Å². The van der Waals surface area contributed by atoms with Gasteiger partial charge in [0, 0.05) is 6.08 Å². The molecule has 2 rings (SSSR count). The summed E-state index contributed by atoms with van der Waals surface area (Å²) in [6.45, 7) is 0.977. The molecular formula is C20H14F8N2O3. The van der Waals surface area contributed by atoms with Crippen LogP contribution in [0.15, 0.2) is 71.4 Å². The first kappa shape index (κ1) is 25.7. The van der Waals surface area contributed by atoms with Gasteiger partial charge in [-0.05, 0) is 48.5 Å². The second kappa shape index (κ2) is 9.96. The fourth-order valence-corrected chi connectivity index (χ4v) is 2.11. The molecule has 0 N–H and O–H groups in total.